The number of nitrogens with zero attached hydrogens (tertiary/aromatic N) is 3. The van der Waals surface area contributed by atoms with Crippen LogP contribution < -0.4 is 0 Å². The summed E-state index contributed by atoms with van der Waals surface area (Å²) in [6.07, 6.45) is 7.26. The van der Waals surface area contributed by atoms with Crippen LogP contribution in [-0.2, 0) is 5.41 Å². The predicted octanol–water partition coefficient (Wildman–Crippen LogP) is 3.85. The highest BCUT2D eigenvalue weighted by molar-refractivity contribution is 6.30. The lowest BCUT2D eigenvalue weighted by atomic mass is 9.62. The van der Waals surface area contributed by atoms with Gasteiger partial charge in [-0.15, -0.1) is 0 Å². The molecule has 4 heteroatoms. The molecule has 0 aliphatic heterocycles. The average molecular weight is 284 g/mol. The van der Waals surface area contributed by atoms with Gasteiger partial charge in [0, 0.05) is 28.9 Å². The molecule has 0 amide bonds. The fourth-order valence-electron chi connectivity index (χ4n) is 3.06. The average Bonchev–Trinajstić information content (AvgIpc) is 2.83. The van der Waals surface area contributed by atoms with Crippen molar-refractivity contribution in [2.24, 2.45) is 0 Å². The van der Waals surface area contributed by atoms with Crippen LogP contribution in [0.1, 0.15) is 30.5 Å². The minimum atomic E-state index is 0.0400. The summed E-state index contributed by atoms with van der Waals surface area (Å²) in [5.74, 6) is 0. The van der Waals surface area contributed by atoms with Gasteiger partial charge < -0.3 is 0 Å². The Balaban J connectivity index is 1.86. The van der Waals surface area contributed by atoms with E-state index >= 15 is 0 Å². The Hall–Kier alpha value is -1.87. The van der Waals surface area contributed by atoms with Gasteiger partial charge in [0.2, 0.25) is 0 Å². The lowest BCUT2D eigenvalue weighted by Gasteiger charge is -2.41. The Morgan fingerprint density at radius 1 is 1.15 bits per heavy atom. The van der Waals surface area contributed by atoms with Gasteiger partial charge in [0.25, 0.3) is 0 Å². The van der Waals surface area contributed by atoms with Gasteiger partial charge in [-0.25, -0.2) is 9.50 Å². The van der Waals surface area contributed by atoms with Crippen LogP contribution in [-0.4, -0.2) is 14.6 Å². The first-order chi connectivity index (χ1) is 9.78. The Labute approximate surface area is 122 Å². The molecule has 1 saturated carbocycles. The lowest BCUT2D eigenvalue weighted by Crippen LogP contribution is -2.35. The highest BCUT2D eigenvalue weighted by Crippen LogP contribution is 2.48. The SMILES string of the molecule is Clc1ccc(C2(c3cc4ncccn4n3)CCC2)cc1. The van der Waals surface area contributed by atoms with Crippen LogP contribution in [0, 0.1) is 0 Å². The number of rotatable bonds is 2. The van der Waals surface area contributed by atoms with Gasteiger partial charge in [-0.05, 0) is 36.6 Å². The second-order valence-electron chi connectivity index (χ2n) is 5.39. The van der Waals surface area contributed by atoms with Crippen molar-refractivity contribution >= 4 is 17.2 Å². The monoisotopic (exact) mass is 283 g/mol. The lowest BCUT2D eigenvalue weighted by molar-refractivity contribution is 0.293. The zero-order valence-electron chi connectivity index (χ0n) is 11.0. The largest absolute Gasteiger partial charge is 0.237 e. The Morgan fingerprint density at radius 2 is 1.95 bits per heavy atom. The van der Waals surface area contributed by atoms with Gasteiger partial charge in [0.1, 0.15) is 0 Å². The molecule has 0 radical (unpaired) electrons. The smallest absolute Gasteiger partial charge is 0.155 e. The minimum Gasteiger partial charge on any atom is -0.237 e. The maximum absolute atomic E-state index is 6.00. The van der Waals surface area contributed by atoms with Crippen molar-refractivity contribution in [2.75, 3.05) is 0 Å². The topological polar surface area (TPSA) is 30.2 Å². The second kappa shape index (κ2) is 4.32. The molecule has 2 heterocycles. The molecule has 0 unspecified atom stereocenters. The molecule has 3 nitrogen and oxygen atoms in total. The number of hydrogen-bond donors (Lipinski definition) is 0. The number of fused-ring (bicyclic) bond motifs is 1. The van der Waals surface area contributed by atoms with E-state index in [2.05, 4.69) is 23.2 Å². The molecule has 1 aliphatic carbocycles. The van der Waals surface area contributed by atoms with Crippen molar-refractivity contribution in [1.29, 1.82) is 0 Å². The third-order valence-corrected chi connectivity index (χ3v) is 4.58. The van der Waals surface area contributed by atoms with Gasteiger partial charge in [-0.2, -0.15) is 5.10 Å². The van der Waals surface area contributed by atoms with Crippen molar-refractivity contribution in [2.45, 2.75) is 24.7 Å². The Kier molecular flexibility index (Phi) is 2.57. The third kappa shape index (κ3) is 1.66. The van der Waals surface area contributed by atoms with Crippen LogP contribution >= 0.6 is 11.6 Å². The van der Waals surface area contributed by atoms with E-state index in [0.717, 1.165) is 29.2 Å². The molecule has 0 bridgehead atoms. The molecule has 3 aromatic rings. The molecule has 100 valence electrons. The highest BCUT2D eigenvalue weighted by Gasteiger charge is 2.42. The molecule has 0 spiro atoms. The molecule has 0 saturated heterocycles. The molecule has 20 heavy (non-hydrogen) atoms. The highest BCUT2D eigenvalue weighted by atomic mass is 35.5. The van der Waals surface area contributed by atoms with E-state index < -0.39 is 0 Å². The normalized spacial score (nSPS) is 17.1. The number of hydrogen-bond acceptors (Lipinski definition) is 2. The maximum atomic E-state index is 6.00. The quantitative estimate of drug-likeness (QED) is 0.715. The third-order valence-electron chi connectivity index (χ3n) is 4.33. The molecular formula is C16H14ClN3. The van der Waals surface area contributed by atoms with E-state index in [0.29, 0.717) is 0 Å². The molecular weight excluding hydrogens is 270 g/mol. The predicted molar refractivity (Wildman–Crippen MR) is 79.1 cm³/mol. The van der Waals surface area contributed by atoms with E-state index in [1.54, 1.807) is 6.20 Å². The molecule has 1 fully saturated rings. The molecule has 1 aliphatic rings. The number of halogens is 1. The van der Waals surface area contributed by atoms with Crippen molar-refractivity contribution in [1.82, 2.24) is 14.6 Å². The standard InChI is InChI=1S/C16H14ClN3/c17-13-5-3-12(4-6-13)16(7-1-8-16)14-11-15-18-9-2-10-20(15)19-14/h2-6,9-11H,1,7-8H2. The zero-order chi connectivity index (χ0) is 13.6. The Bertz CT molecular complexity index is 724. The van der Waals surface area contributed by atoms with E-state index in [9.17, 15) is 0 Å². The molecule has 2 aromatic heterocycles. The number of benzene rings is 1. The number of aromatic nitrogens is 3. The minimum absolute atomic E-state index is 0.0400. The molecule has 0 N–H and O–H groups in total. The fourth-order valence-corrected chi connectivity index (χ4v) is 3.18. The summed E-state index contributed by atoms with van der Waals surface area (Å²) >= 11 is 6.00. The van der Waals surface area contributed by atoms with Gasteiger partial charge in [-0.1, -0.05) is 30.2 Å². The van der Waals surface area contributed by atoms with Gasteiger partial charge in [0.05, 0.1) is 5.69 Å². The van der Waals surface area contributed by atoms with E-state index in [1.165, 1.54) is 12.0 Å². The van der Waals surface area contributed by atoms with Crippen molar-refractivity contribution in [3.63, 3.8) is 0 Å². The summed E-state index contributed by atoms with van der Waals surface area (Å²) in [5.41, 5.74) is 3.36. The van der Waals surface area contributed by atoms with Crippen LogP contribution in [0.25, 0.3) is 5.65 Å². The molecule has 0 atom stereocenters. The summed E-state index contributed by atoms with van der Waals surface area (Å²) in [6.45, 7) is 0. The Morgan fingerprint density at radius 3 is 2.60 bits per heavy atom. The van der Waals surface area contributed by atoms with E-state index in [4.69, 9.17) is 16.7 Å². The summed E-state index contributed by atoms with van der Waals surface area (Å²) < 4.78 is 1.85. The summed E-state index contributed by atoms with van der Waals surface area (Å²) in [7, 11) is 0. The molecule has 4 rings (SSSR count). The first-order valence-corrected chi connectivity index (χ1v) is 7.23. The van der Waals surface area contributed by atoms with Gasteiger partial charge in [0.15, 0.2) is 5.65 Å². The second-order valence-corrected chi connectivity index (χ2v) is 5.83. The van der Waals surface area contributed by atoms with Gasteiger partial charge >= 0.3 is 0 Å². The van der Waals surface area contributed by atoms with Crippen LogP contribution in [0.2, 0.25) is 5.02 Å². The van der Waals surface area contributed by atoms with E-state index in [-0.39, 0.29) is 5.41 Å². The molecule has 1 aromatic carbocycles. The first kappa shape index (κ1) is 11.9. The van der Waals surface area contributed by atoms with Crippen molar-refractivity contribution in [3.05, 3.63) is 65.1 Å². The first-order valence-electron chi connectivity index (χ1n) is 6.85. The zero-order valence-corrected chi connectivity index (χ0v) is 11.7. The summed E-state index contributed by atoms with van der Waals surface area (Å²) in [4.78, 5) is 4.36. The van der Waals surface area contributed by atoms with Crippen LogP contribution in [0.3, 0.4) is 0 Å². The van der Waals surface area contributed by atoms with Crippen LogP contribution in [0.15, 0.2) is 48.8 Å². The van der Waals surface area contributed by atoms with Crippen molar-refractivity contribution < 1.29 is 0 Å². The van der Waals surface area contributed by atoms with Crippen LogP contribution in [0.5, 0.6) is 0 Å². The summed E-state index contributed by atoms with van der Waals surface area (Å²) in [6, 6.07) is 12.2. The van der Waals surface area contributed by atoms with Crippen molar-refractivity contribution in [3.8, 4) is 0 Å². The maximum Gasteiger partial charge on any atom is 0.155 e. The van der Waals surface area contributed by atoms with E-state index in [1.807, 2.05) is 28.9 Å². The fraction of sp³-hybridized carbons (Fsp3) is 0.250. The van der Waals surface area contributed by atoms with Crippen LogP contribution in [0.4, 0.5) is 0 Å². The van der Waals surface area contributed by atoms with Gasteiger partial charge in [-0.3, -0.25) is 0 Å². The summed E-state index contributed by atoms with van der Waals surface area (Å²) in [5, 5.41) is 5.50.